The van der Waals surface area contributed by atoms with E-state index in [1.165, 1.54) is 5.56 Å². The van der Waals surface area contributed by atoms with Crippen LogP contribution >= 0.6 is 0 Å². The summed E-state index contributed by atoms with van der Waals surface area (Å²) in [5.74, 6) is 2.01. The van der Waals surface area contributed by atoms with Gasteiger partial charge in [-0.3, -0.25) is 4.79 Å². The lowest BCUT2D eigenvalue weighted by molar-refractivity contribution is 0.0951. The van der Waals surface area contributed by atoms with Gasteiger partial charge in [0, 0.05) is 18.0 Å². The molecule has 4 aromatic rings. The van der Waals surface area contributed by atoms with Crippen LogP contribution in [0.1, 0.15) is 45.8 Å². The molecule has 2 aromatic heterocycles. The number of benzene rings is 2. The molecule has 4 rings (SSSR count). The number of nitrogens with one attached hydrogen (secondary N) is 2. The van der Waals surface area contributed by atoms with Gasteiger partial charge in [-0.2, -0.15) is 0 Å². The van der Waals surface area contributed by atoms with E-state index in [0.29, 0.717) is 23.5 Å². The molecule has 0 aliphatic carbocycles. The van der Waals surface area contributed by atoms with Gasteiger partial charge in [0.1, 0.15) is 17.3 Å². The SMILES string of the molecule is Cc1ccc(Oc2c(C)nn3nc(C(C)CNC(=O)c4ccccc4C)[nH]c23)cc1. The van der Waals surface area contributed by atoms with Gasteiger partial charge in [-0.15, -0.1) is 14.8 Å². The van der Waals surface area contributed by atoms with Gasteiger partial charge in [-0.05, 0) is 44.5 Å². The van der Waals surface area contributed by atoms with E-state index in [9.17, 15) is 4.79 Å². The Labute approximate surface area is 175 Å². The van der Waals surface area contributed by atoms with E-state index in [1.807, 2.05) is 76.2 Å². The molecule has 1 unspecified atom stereocenters. The fourth-order valence-electron chi connectivity index (χ4n) is 3.26. The highest BCUT2D eigenvalue weighted by molar-refractivity contribution is 5.95. The van der Waals surface area contributed by atoms with Crippen molar-refractivity contribution in [1.29, 1.82) is 0 Å². The Morgan fingerprint density at radius 1 is 1.10 bits per heavy atom. The molecule has 1 atom stereocenters. The first-order valence-corrected chi connectivity index (χ1v) is 9.96. The molecule has 1 amide bonds. The first kappa shape index (κ1) is 19.7. The molecule has 2 aromatic carbocycles. The molecule has 0 spiro atoms. The van der Waals surface area contributed by atoms with Crippen molar-refractivity contribution >= 4 is 11.6 Å². The van der Waals surface area contributed by atoms with Crippen LogP contribution in [0.4, 0.5) is 0 Å². The van der Waals surface area contributed by atoms with Crippen LogP contribution in [0.2, 0.25) is 0 Å². The quantitative estimate of drug-likeness (QED) is 0.502. The largest absolute Gasteiger partial charge is 0.451 e. The number of hydrogen-bond acceptors (Lipinski definition) is 4. The van der Waals surface area contributed by atoms with Crippen LogP contribution in [-0.4, -0.2) is 32.3 Å². The van der Waals surface area contributed by atoms with Crippen LogP contribution < -0.4 is 10.1 Å². The summed E-state index contributed by atoms with van der Waals surface area (Å²) in [4.78, 5) is 15.8. The van der Waals surface area contributed by atoms with Crippen molar-refractivity contribution in [3.63, 3.8) is 0 Å². The lowest BCUT2D eigenvalue weighted by Crippen LogP contribution is -2.28. The molecule has 7 heteroatoms. The molecule has 0 aliphatic heterocycles. The molecule has 0 saturated heterocycles. The summed E-state index contributed by atoms with van der Waals surface area (Å²) in [5, 5.41) is 12.0. The van der Waals surface area contributed by atoms with E-state index in [1.54, 1.807) is 4.63 Å². The molecular formula is C23H25N5O2. The maximum Gasteiger partial charge on any atom is 0.251 e. The number of carbonyl (C=O) groups is 1. The molecule has 0 saturated carbocycles. The topological polar surface area (TPSA) is 84.3 Å². The zero-order chi connectivity index (χ0) is 21.3. The van der Waals surface area contributed by atoms with Crippen molar-refractivity contribution in [3.8, 4) is 11.5 Å². The Balaban J connectivity index is 1.49. The molecule has 2 heterocycles. The van der Waals surface area contributed by atoms with Crippen molar-refractivity contribution < 1.29 is 9.53 Å². The molecule has 0 radical (unpaired) electrons. The lowest BCUT2D eigenvalue weighted by atomic mass is 10.1. The minimum atomic E-state index is -0.0875. The molecule has 0 aliphatic rings. The van der Waals surface area contributed by atoms with E-state index < -0.39 is 0 Å². The van der Waals surface area contributed by atoms with Crippen molar-refractivity contribution in [2.24, 2.45) is 0 Å². The van der Waals surface area contributed by atoms with Crippen LogP contribution in [0.15, 0.2) is 48.5 Å². The van der Waals surface area contributed by atoms with Crippen molar-refractivity contribution in [3.05, 3.63) is 76.7 Å². The third-order valence-corrected chi connectivity index (χ3v) is 5.10. The van der Waals surface area contributed by atoms with E-state index in [0.717, 1.165) is 22.8 Å². The third kappa shape index (κ3) is 3.91. The number of hydrogen-bond donors (Lipinski definition) is 2. The fraction of sp³-hybridized carbons (Fsp3) is 0.261. The predicted molar refractivity (Wildman–Crippen MR) is 115 cm³/mol. The molecule has 154 valence electrons. The number of carbonyl (C=O) groups excluding carboxylic acids is 1. The summed E-state index contributed by atoms with van der Waals surface area (Å²) >= 11 is 0. The summed E-state index contributed by atoms with van der Waals surface area (Å²) in [6.07, 6.45) is 0. The minimum Gasteiger partial charge on any atom is -0.451 e. The molecule has 2 N–H and O–H groups in total. The van der Waals surface area contributed by atoms with Gasteiger partial charge in [0.25, 0.3) is 5.91 Å². The van der Waals surface area contributed by atoms with Crippen LogP contribution in [0.25, 0.3) is 5.65 Å². The summed E-state index contributed by atoms with van der Waals surface area (Å²) in [6, 6.07) is 15.4. The summed E-state index contributed by atoms with van der Waals surface area (Å²) in [7, 11) is 0. The van der Waals surface area contributed by atoms with Crippen LogP contribution in [-0.2, 0) is 0 Å². The highest BCUT2D eigenvalue weighted by atomic mass is 16.5. The fourth-order valence-corrected chi connectivity index (χ4v) is 3.26. The zero-order valence-electron chi connectivity index (χ0n) is 17.6. The van der Waals surface area contributed by atoms with Crippen LogP contribution in [0.3, 0.4) is 0 Å². The number of aromatic amines is 1. The number of amides is 1. The average molecular weight is 403 g/mol. The smallest absolute Gasteiger partial charge is 0.251 e. The highest BCUT2D eigenvalue weighted by Crippen LogP contribution is 2.29. The zero-order valence-corrected chi connectivity index (χ0v) is 17.6. The monoisotopic (exact) mass is 403 g/mol. The number of rotatable bonds is 6. The summed E-state index contributed by atoms with van der Waals surface area (Å²) in [5.41, 5.74) is 4.25. The third-order valence-electron chi connectivity index (χ3n) is 5.10. The van der Waals surface area contributed by atoms with Gasteiger partial charge in [0.15, 0.2) is 11.4 Å². The second kappa shape index (κ2) is 8.02. The molecule has 7 nitrogen and oxygen atoms in total. The Morgan fingerprint density at radius 2 is 1.83 bits per heavy atom. The van der Waals surface area contributed by atoms with E-state index in [2.05, 4.69) is 20.5 Å². The number of fused-ring (bicyclic) bond motifs is 1. The van der Waals surface area contributed by atoms with E-state index in [4.69, 9.17) is 4.74 Å². The Bertz CT molecular complexity index is 1190. The second-order valence-corrected chi connectivity index (χ2v) is 7.60. The van der Waals surface area contributed by atoms with Crippen molar-refractivity contribution in [2.75, 3.05) is 6.54 Å². The average Bonchev–Trinajstić information content (AvgIpc) is 3.26. The first-order valence-electron chi connectivity index (χ1n) is 9.96. The highest BCUT2D eigenvalue weighted by Gasteiger charge is 2.19. The lowest BCUT2D eigenvalue weighted by Gasteiger charge is -2.11. The van der Waals surface area contributed by atoms with E-state index >= 15 is 0 Å². The normalized spacial score (nSPS) is 12.1. The van der Waals surface area contributed by atoms with Crippen LogP contribution in [0, 0.1) is 20.8 Å². The first-order chi connectivity index (χ1) is 14.4. The standard InChI is InChI=1S/C23H25N5O2/c1-14-9-11-18(12-10-14)30-20-17(4)26-28-22(20)25-21(27-28)16(3)13-24-23(29)19-8-6-5-7-15(19)2/h5-12,16H,13H2,1-4H3,(H,24,29)(H,25,27). The molecular weight excluding hydrogens is 378 g/mol. The number of H-pyrrole nitrogens is 1. The Kier molecular flexibility index (Phi) is 5.27. The predicted octanol–water partition coefficient (Wildman–Crippen LogP) is 4.31. The number of nitrogens with zero attached hydrogens (tertiary/aromatic N) is 3. The number of aromatic nitrogens is 4. The summed E-state index contributed by atoms with van der Waals surface area (Å²) < 4.78 is 7.60. The molecule has 0 fully saturated rings. The minimum absolute atomic E-state index is 0.0211. The van der Waals surface area contributed by atoms with Crippen molar-refractivity contribution in [2.45, 2.75) is 33.6 Å². The van der Waals surface area contributed by atoms with Crippen molar-refractivity contribution in [1.82, 2.24) is 25.1 Å². The summed E-state index contributed by atoms with van der Waals surface area (Å²) in [6.45, 7) is 8.31. The Morgan fingerprint density at radius 3 is 2.57 bits per heavy atom. The number of aryl methyl sites for hydroxylation is 3. The maximum atomic E-state index is 12.5. The van der Waals surface area contributed by atoms with E-state index in [-0.39, 0.29) is 11.8 Å². The second-order valence-electron chi connectivity index (χ2n) is 7.60. The van der Waals surface area contributed by atoms with Gasteiger partial charge in [-0.25, -0.2) is 0 Å². The van der Waals surface area contributed by atoms with Gasteiger partial charge in [0.05, 0.1) is 0 Å². The maximum absolute atomic E-state index is 12.5. The Hall–Kier alpha value is -3.61. The van der Waals surface area contributed by atoms with Gasteiger partial charge in [-0.1, -0.05) is 42.8 Å². The van der Waals surface area contributed by atoms with Gasteiger partial charge < -0.3 is 15.0 Å². The molecule has 30 heavy (non-hydrogen) atoms. The van der Waals surface area contributed by atoms with Gasteiger partial charge >= 0.3 is 0 Å². The molecule has 0 bridgehead atoms. The van der Waals surface area contributed by atoms with Crippen LogP contribution in [0.5, 0.6) is 11.5 Å². The number of ether oxygens (including phenoxy) is 1. The van der Waals surface area contributed by atoms with Gasteiger partial charge in [0.2, 0.25) is 0 Å².